The highest BCUT2D eigenvalue weighted by Crippen LogP contribution is 2.31. The van der Waals surface area contributed by atoms with E-state index in [1.165, 1.54) is 12.1 Å². The number of carbonyl (C=O) groups is 3. The lowest BCUT2D eigenvalue weighted by atomic mass is 10.0. The minimum Gasteiger partial charge on any atom is -0.490 e. The maximum atomic E-state index is 14.4. The van der Waals surface area contributed by atoms with Gasteiger partial charge in [0, 0.05) is 50.7 Å². The van der Waals surface area contributed by atoms with Gasteiger partial charge < -0.3 is 35.8 Å². The molecule has 14 heteroatoms. The first-order valence-corrected chi connectivity index (χ1v) is 19.8. The molecule has 3 aromatic carbocycles. The molecule has 0 radical (unpaired) electrons. The zero-order chi connectivity index (χ0) is 41.5. The number of anilines is 3. The lowest BCUT2D eigenvalue weighted by molar-refractivity contribution is -0.137. The molecule has 0 bridgehead atoms. The molecule has 0 saturated heterocycles. The molecule has 0 aromatic heterocycles. The summed E-state index contributed by atoms with van der Waals surface area (Å²) in [6.45, 7) is 6.97. The van der Waals surface area contributed by atoms with Crippen LogP contribution < -0.4 is 21.1 Å². The summed E-state index contributed by atoms with van der Waals surface area (Å²) in [5.74, 6) is -0.561. The molecule has 0 aliphatic carbocycles. The Balaban J connectivity index is 1.42. The quantitative estimate of drug-likeness (QED) is 0.0958. The molecule has 4 atom stereocenters. The van der Waals surface area contributed by atoms with E-state index in [0.717, 1.165) is 30.5 Å². The minimum absolute atomic E-state index is 0.144. The van der Waals surface area contributed by atoms with Crippen LogP contribution in [-0.2, 0) is 27.0 Å². The standard InChI is InChI=1S/C43H58F3N5O6/c1-29-25-51(30(2)28-52)42(55)35-24-34(48-40(53)15-6-5-7-16-41(54)49-37-14-9-8-13-36(37)47)21-22-38(35)57-31(3)12-10-11-23-56-39(29)27-50(4)26-32-17-19-33(20-18-32)43(44,45)46/h8-9,13-14,17-22,24,29-31,39,52H,5-7,10-12,15-16,23,25-28,47H2,1-4H3,(H,48,53)(H,49,54)/t29-,30+,31+,39+/m0/s1. The van der Waals surface area contributed by atoms with Crippen LogP contribution in [0.5, 0.6) is 5.75 Å². The first-order valence-electron chi connectivity index (χ1n) is 19.8. The number of ether oxygens (including phenoxy) is 2. The van der Waals surface area contributed by atoms with Crippen LogP contribution in [0, 0.1) is 5.92 Å². The fraction of sp³-hybridized carbons (Fsp3) is 0.512. The van der Waals surface area contributed by atoms with Gasteiger partial charge >= 0.3 is 6.18 Å². The highest BCUT2D eigenvalue weighted by molar-refractivity contribution is 6.00. The predicted molar refractivity (Wildman–Crippen MR) is 216 cm³/mol. The van der Waals surface area contributed by atoms with Gasteiger partial charge in [0.05, 0.1) is 47.4 Å². The van der Waals surface area contributed by atoms with E-state index >= 15 is 0 Å². The Morgan fingerprint density at radius 1 is 0.982 bits per heavy atom. The van der Waals surface area contributed by atoms with E-state index in [2.05, 4.69) is 10.6 Å². The van der Waals surface area contributed by atoms with Crippen LogP contribution in [0.25, 0.3) is 0 Å². The van der Waals surface area contributed by atoms with Crippen LogP contribution in [0.4, 0.5) is 30.2 Å². The summed E-state index contributed by atoms with van der Waals surface area (Å²) in [5, 5.41) is 16.0. The normalized spacial score (nSPS) is 18.9. The number of nitrogen functional groups attached to an aromatic ring is 1. The van der Waals surface area contributed by atoms with Crippen molar-refractivity contribution < 1.29 is 42.1 Å². The molecular formula is C43H58F3N5O6. The minimum atomic E-state index is -4.41. The van der Waals surface area contributed by atoms with Crippen LogP contribution in [0.1, 0.15) is 93.6 Å². The van der Waals surface area contributed by atoms with Gasteiger partial charge in [0.1, 0.15) is 5.75 Å². The number of likely N-dealkylation sites (N-methyl/N-ethyl adjacent to an activating group) is 1. The van der Waals surface area contributed by atoms with Crippen LogP contribution >= 0.6 is 0 Å². The van der Waals surface area contributed by atoms with Crippen molar-refractivity contribution in [2.24, 2.45) is 5.92 Å². The van der Waals surface area contributed by atoms with E-state index in [-0.39, 0.29) is 61.0 Å². The van der Waals surface area contributed by atoms with Crippen molar-refractivity contribution in [1.29, 1.82) is 0 Å². The van der Waals surface area contributed by atoms with E-state index < -0.39 is 17.8 Å². The summed E-state index contributed by atoms with van der Waals surface area (Å²) in [5.41, 5.74) is 7.68. The van der Waals surface area contributed by atoms with Crippen molar-refractivity contribution in [3.05, 3.63) is 83.4 Å². The number of carbonyl (C=O) groups excluding carboxylic acids is 3. The molecule has 0 saturated carbocycles. The van der Waals surface area contributed by atoms with Gasteiger partial charge in [0.15, 0.2) is 0 Å². The molecule has 0 spiro atoms. The molecule has 1 heterocycles. The Hall–Kier alpha value is -4.66. The SMILES string of the molecule is C[C@@H]1CCCCO[C@H](CN(C)Cc2ccc(C(F)(F)F)cc2)[C@@H](C)CN([C@H](C)CO)C(=O)c2cc(NC(=O)CCCCCC(=O)Nc3ccccc3N)ccc2O1. The number of para-hydroxylation sites is 2. The van der Waals surface area contributed by atoms with Crippen LogP contribution in [0.3, 0.4) is 0 Å². The average Bonchev–Trinajstić information content (AvgIpc) is 3.16. The molecule has 57 heavy (non-hydrogen) atoms. The number of hydrogen-bond donors (Lipinski definition) is 4. The molecule has 11 nitrogen and oxygen atoms in total. The van der Waals surface area contributed by atoms with Crippen LogP contribution in [-0.4, -0.2) is 84.2 Å². The van der Waals surface area contributed by atoms with Gasteiger partial charge in [-0.1, -0.05) is 37.6 Å². The number of hydrogen-bond acceptors (Lipinski definition) is 8. The highest BCUT2D eigenvalue weighted by Gasteiger charge is 2.32. The number of aliphatic hydroxyl groups excluding tert-OH is 1. The van der Waals surface area contributed by atoms with E-state index in [4.69, 9.17) is 15.2 Å². The van der Waals surface area contributed by atoms with Gasteiger partial charge in [-0.25, -0.2) is 0 Å². The fourth-order valence-corrected chi connectivity index (χ4v) is 6.74. The second kappa shape index (κ2) is 21.8. The molecule has 0 unspecified atom stereocenters. The van der Waals surface area contributed by atoms with Crippen molar-refractivity contribution in [3.63, 3.8) is 0 Å². The smallest absolute Gasteiger partial charge is 0.416 e. The van der Waals surface area contributed by atoms with Crippen LogP contribution in [0.2, 0.25) is 0 Å². The number of benzene rings is 3. The van der Waals surface area contributed by atoms with Crippen molar-refractivity contribution in [3.8, 4) is 5.75 Å². The molecule has 3 aromatic rings. The molecule has 3 amide bonds. The number of nitrogens with one attached hydrogen (secondary N) is 2. The van der Waals surface area contributed by atoms with Crippen LogP contribution in [0.15, 0.2) is 66.7 Å². The van der Waals surface area contributed by atoms with Gasteiger partial charge in [-0.15, -0.1) is 0 Å². The summed E-state index contributed by atoms with van der Waals surface area (Å²) in [4.78, 5) is 43.4. The van der Waals surface area contributed by atoms with Gasteiger partial charge in [-0.05, 0) is 101 Å². The highest BCUT2D eigenvalue weighted by atomic mass is 19.4. The summed E-state index contributed by atoms with van der Waals surface area (Å²) < 4.78 is 52.1. The lowest BCUT2D eigenvalue weighted by Crippen LogP contribution is -2.47. The monoisotopic (exact) mass is 797 g/mol. The molecule has 312 valence electrons. The average molecular weight is 798 g/mol. The number of fused-ring (bicyclic) bond motifs is 1. The maximum Gasteiger partial charge on any atom is 0.416 e. The number of nitrogens with zero attached hydrogens (tertiary/aromatic N) is 2. The lowest BCUT2D eigenvalue weighted by Gasteiger charge is -2.36. The van der Waals surface area contributed by atoms with Gasteiger partial charge in [-0.3, -0.25) is 19.3 Å². The third-order valence-electron chi connectivity index (χ3n) is 10.1. The predicted octanol–water partition coefficient (Wildman–Crippen LogP) is 7.74. The zero-order valence-corrected chi connectivity index (χ0v) is 33.4. The van der Waals surface area contributed by atoms with Gasteiger partial charge in [-0.2, -0.15) is 13.2 Å². The summed E-state index contributed by atoms with van der Waals surface area (Å²) >= 11 is 0. The van der Waals surface area contributed by atoms with Crippen molar-refractivity contribution in [2.75, 3.05) is 49.7 Å². The number of aliphatic hydroxyl groups is 1. The number of rotatable bonds is 14. The topological polar surface area (TPSA) is 146 Å². The largest absolute Gasteiger partial charge is 0.490 e. The first-order chi connectivity index (χ1) is 27.1. The van der Waals surface area contributed by atoms with Gasteiger partial charge in [0.25, 0.3) is 5.91 Å². The summed E-state index contributed by atoms with van der Waals surface area (Å²) in [6.07, 6.45) is -0.275. The molecule has 4 rings (SSSR count). The Bertz CT molecular complexity index is 1760. The number of nitrogens with two attached hydrogens (primary N) is 1. The molecule has 1 aliphatic heterocycles. The zero-order valence-electron chi connectivity index (χ0n) is 33.4. The van der Waals surface area contributed by atoms with E-state index in [1.54, 1.807) is 54.3 Å². The van der Waals surface area contributed by atoms with E-state index in [0.29, 0.717) is 74.6 Å². The summed E-state index contributed by atoms with van der Waals surface area (Å²) in [6, 6.07) is 16.6. The number of unbranched alkanes of at least 4 members (excludes halogenated alkanes) is 2. The Morgan fingerprint density at radius 2 is 1.67 bits per heavy atom. The van der Waals surface area contributed by atoms with Gasteiger partial charge in [0.2, 0.25) is 11.8 Å². The van der Waals surface area contributed by atoms with Crippen molar-refractivity contribution in [2.45, 2.75) is 103 Å². The number of alkyl halides is 3. The van der Waals surface area contributed by atoms with Crippen molar-refractivity contribution >= 4 is 34.8 Å². The third kappa shape index (κ3) is 14.3. The van der Waals surface area contributed by atoms with E-state index in [1.807, 2.05) is 25.8 Å². The molecule has 5 N–H and O–H groups in total. The number of halogens is 3. The first kappa shape index (κ1) is 45.0. The van der Waals surface area contributed by atoms with Crippen molar-refractivity contribution in [1.82, 2.24) is 9.80 Å². The second-order valence-electron chi connectivity index (χ2n) is 15.1. The maximum absolute atomic E-state index is 14.4. The molecule has 0 fully saturated rings. The Morgan fingerprint density at radius 3 is 2.33 bits per heavy atom. The molecular weight excluding hydrogens is 739 g/mol. The third-order valence-corrected chi connectivity index (χ3v) is 10.1. The molecule has 1 aliphatic rings. The second-order valence-corrected chi connectivity index (χ2v) is 15.1. The fourth-order valence-electron chi connectivity index (χ4n) is 6.74. The Labute approximate surface area is 334 Å². The summed E-state index contributed by atoms with van der Waals surface area (Å²) in [7, 11) is 1.88. The number of amides is 3. The van der Waals surface area contributed by atoms with E-state index in [9.17, 15) is 32.7 Å². The Kier molecular flexibility index (Phi) is 17.2.